The lowest BCUT2D eigenvalue weighted by atomic mass is 10.2. The molecule has 20 heavy (non-hydrogen) atoms. The molecule has 0 aliphatic rings. The van der Waals surface area contributed by atoms with Crippen molar-refractivity contribution in [2.24, 2.45) is 0 Å². The Labute approximate surface area is 119 Å². The summed E-state index contributed by atoms with van der Waals surface area (Å²) in [4.78, 5) is 4.05. The highest BCUT2D eigenvalue weighted by Crippen LogP contribution is 2.20. The Morgan fingerprint density at radius 2 is 2.05 bits per heavy atom. The third-order valence-corrected chi connectivity index (χ3v) is 3.33. The summed E-state index contributed by atoms with van der Waals surface area (Å²) in [5.41, 5.74) is 3.49. The van der Waals surface area contributed by atoms with Crippen molar-refractivity contribution in [3.05, 3.63) is 53.9 Å². The van der Waals surface area contributed by atoms with Gasteiger partial charge >= 0.3 is 0 Å². The molecule has 1 heterocycles. The van der Waals surface area contributed by atoms with E-state index in [4.69, 9.17) is 0 Å². The van der Waals surface area contributed by atoms with Crippen molar-refractivity contribution in [2.75, 3.05) is 16.3 Å². The van der Waals surface area contributed by atoms with E-state index >= 15 is 0 Å². The molecule has 0 saturated carbocycles. The topological polar surface area (TPSA) is 71.1 Å². The zero-order chi connectivity index (χ0) is 14.6. The largest absolute Gasteiger partial charge is 0.381 e. The summed E-state index contributed by atoms with van der Waals surface area (Å²) >= 11 is 0. The van der Waals surface area contributed by atoms with E-state index in [1.807, 2.05) is 31.2 Å². The fraction of sp³-hybridized carbons (Fsp3) is 0.214. The van der Waals surface area contributed by atoms with E-state index in [0.29, 0.717) is 12.2 Å². The second kappa shape index (κ2) is 5.92. The van der Waals surface area contributed by atoms with Gasteiger partial charge in [0.1, 0.15) is 0 Å². The Bertz CT molecular complexity index is 685. The molecular formula is C14H17N3O2S. The molecule has 6 heteroatoms. The Morgan fingerprint density at radius 3 is 2.65 bits per heavy atom. The van der Waals surface area contributed by atoms with Crippen molar-refractivity contribution in [3.63, 3.8) is 0 Å². The average Bonchev–Trinajstić information content (AvgIpc) is 2.39. The molecule has 0 spiro atoms. The van der Waals surface area contributed by atoms with Crippen LogP contribution in [0.5, 0.6) is 0 Å². The highest BCUT2D eigenvalue weighted by molar-refractivity contribution is 7.92. The minimum Gasteiger partial charge on any atom is -0.381 e. The Kier molecular flexibility index (Phi) is 4.24. The molecule has 1 aromatic carbocycles. The van der Waals surface area contributed by atoms with Gasteiger partial charge in [-0.1, -0.05) is 6.07 Å². The van der Waals surface area contributed by atoms with Crippen molar-refractivity contribution in [1.29, 1.82) is 0 Å². The van der Waals surface area contributed by atoms with Crippen LogP contribution in [0.3, 0.4) is 0 Å². The number of nitrogens with one attached hydrogen (secondary N) is 2. The van der Waals surface area contributed by atoms with Crippen LogP contribution in [0, 0.1) is 6.92 Å². The molecule has 1 aromatic heterocycles. The lowest BCUT2D eigenvalue weighted by Crippen LogP contribution is -2.10. The number of pyridine rings is 1. The molecule has 0 radical (unpaired) electrons. The van der Waals surface area contributed by atoms with Gasteiger partial charge in [-0.2, -0.15) is 0 Å². The molecule has 0 aliphatic carbocycles. The van der Waals surface area contributed by atoms with Gasteiger partial charge in [0.15, 0.2) is 0 Å². The summed E-state index contributed by atoms with van der Waals surface area (Å²) in [6.45, 7) is 2.54. The summed E-state index contributed by atoms with van der Waals surface area (Å²) in [5, 5.41) is 3.27. The van der Waals surface area contributed by atoms with Crippen LogP contribution in [0.2, 0.25) is 0 Å². The summed E-state index contributed by atoms with van der Waals surface area (Å²) < 4.78 is 24.9. The molecular weight excluding hydrogens is 274 g/mol. The first kappa shape index (κ1) is 14.3. The average molecular weight is 291 g/mol. The smallest absolute Gasteiger partial charge is 0.229 e. The molecule has 2 rings (SSSR count). The van der Waals surface area contributed by atoms with E-state index < -0.39 is 10.0 Å². The number of anilines is 2. The molecule has 0 amide bonds. The van der Waals surface area contributed by atoms with Crippen LogP contribution in [0.1, 0.15) is 11.1 Å². The summed E-state index contributed by atoms with van der Waals surface area (Å²) in [7, 11) is -3.25. The predicted molar refractivity (Wildman–Crippen MR) is 81.2 cm³/mol. The number of aryl methyl sites for hydroxylation is 1. The second-order valence-corrected chi connectivity index (χ2v) is 6.37. The van der Waals surface area contributed by atoms with E-state index in [0.717, 1.165) is 23.1 Å². The number of nitrogens with zero attached hydrogens (tertiary/aromatic N) is 1. The lowest BCUT2D eigenvalue weighted by Gasteiger charge is -2.11. The van der Waals surface area contributed by atoms with Crippen molar-refractivity contribution in [3.8, 4) is 0 Å². The fourth-order valence-corrected chi connectivity index (χ4v) is 2.42. The molecule has 0 bridgehead atoms. The summed E-state index contributed by atoms with van der Waals surface area (Å²) in [6, 6.07) is 9.39. The van der Waals surface area contributed by atoms with Crippen molar-refractivity contribution in [1.82, 2.24) is 4.98 Å². The minimum atomic E-state index is -3.25. The van der Waals surface area contributed by atoms with Gasteiger partial charge in [-0.3, -0.25) is 9.71 Å². The number of hydrogen-bond donors (Lipinski definition) is 2. The van der Waals surface area contributed by atoms with Crippen LogP contribution in [0.15, 0.2) is 42.7 Å². The number of sulfonamides is 1. The van der Waals surface area contributed by atoms with Crippen molar-refractivity contribution >= 4 is 21.4 Å². The first-order valence-electron chi connectivity index (χ1n) is 6.15. The Hall–Kier alpha value is -2.08. The van der Waals surface area contributed by atoms with Crippen LogP contribution in [-0.4, -0.2) is 19.7 Å². The molecule has 0 aliphatic heterocycles. The van der Waals surface area contributed by atoms with Crippen molar-refractivity contribution in [2.45, 2.75) is 13.5 Å². The molecule has 106 valence electrons. The fourth-order valence-electron chi connectivity index (χ4n) is 1.79. The van der Waals surface area contributed by atoms with Gasteiger partial charge in [-0.15, -0.1) is 0 Å². The SMILES string of the molecule is Cc1cc(NCc2cccnc2)ccc1NS(C)(=O)=O. The molecule has 0 saturated heterocycles. The van der Waals surface area contributed by atoms with Gasteiger partial charge in [0.25, 0.3) is 0 Å². The second-order valence-electron chi connectivity index (χ2n) is 4.62. The highest BCUT2D eigenvalue weighted by Gasteiger charge is 2.05. The third kappa shape index (κ3) is 4.24. The maximum absolute atomic E-state index is 11.2. The molecule has 2 aromatic rings. The summed E-state index contributed by atoms with van der Waals surface area (Å²) in [5.74, 6) is 0. The van der Waals surface area contributed by atoms with Gasteiger partial charge < -0.3 is 5.32 Å². The van der Waals surface area contributed by atoms with Gasteiger partial charge in [0.05, 0.1) is 11.9 Å². The van der Waals surface area contributed by atoms with Crippen LogP contribution >= 0.6 is 0 Å². The van der Waals surface area contributed by atoms with E-state index in [9.17, 15) is 8.42 Å². The van der Waals surface area contributed by atoms with E-state index in [2.05, 4.69) is 15.0 Å². The van der Waals surface area contributed by atoms with Gasteiger partial charge in [0, 0.05) is 24.6 Å². The molecule has 0 atom stereocenters. The predicted octanol–water partition coefficient (Wildman–Crippen LogP) is 2.37. The third-order valence-electron chi connectivity index (χ3n) is 2.74. The minimum absolute atomic E-state index is 0.597. The highest BCUT2D eigenvalue weighted by atomic mass is 32.2. The lowest BCUT2D eigenvalue weighted by molar-refractivity contribution is 0.607. The molecule has 0 unspecified atom stereocenters. The van der Waals surface area contributed by atoms with E-state index in [1.54, 1.807) is 18.5 Å². The summed E-state index contributed by atoms with van der Waals surface area (Å²) in [6.07, 6.45) is 4.68. The number of benzene rings is 1. The molecule has 0 fully saturated rings. The number of rotatable bonds is 5. The van der Waals surface area contributed by atoms with Gasteiger partial charge in [0.2, 0.25) is 10.0 Å². The van der Waals surface area contributed by atoms with Crippen LogP contribution < -0.4 is 10.0 Å². The van der Waals surface area contributed by atoms with Crippen LogP contribution in [0.25, 0.3) is 0 Å². The number of hydrogen-bond acceptors (Lipinski definition) is 4. The first-order valence-corrected chi connectivity index (χ1v) is 8.04. The number of aromatic nitrogens is 1. The van der Waals surface area contributed by atoms with E-state index in [-0.39, 0.29) is 0 Å². The molecule has 5 nitrogen and oxygen atoms in total. The van der Waals surface area contributed by atoms with Crippen LogP contribution in [-0.2, 0) is 16.6 Å². The Balaban J connectivity index is 2.06. The van der Waals surface area contributed by atoms with Crippen LogP contribution in [0.4, 0.5) is 11.4 Å². The van der Waals surface area contributed by atoms with E-state index in [1.165, 1.54) is 0 Å². The first-order chi connectivity index (χ1) is 9.44. The van der Waals surface area contributed by atoms with Gasteiger partial charge in [-0.05, 0) is 42.3 Å². The monoisotopic (exact) mass is 291 g/mol. The molecule has 2 N–H and O–H groups in total. The van der Waals surface area contributed by atoms with Crippen molar-refractivity contribution < 1.29 is 8.42 Å². The zero-order valence-corrected chi connectivity index (χ0v) is 12.2. The standard InChI is InChI=1S/C14H17N3O2S/c1-11-8-13(5-6-14(11)17-20(2,18)19)16-10-12-4-3-7-15-9-12/h3-9,16-17H,10H2,1-2H3. The maximum atomic E-state index is 11.2. The van der Waals surface area contributed by atoms with Gasteiger partial charge in [-0.25, -0.2) is 8.42 Å². The Morgan fingerprint density at radius 1 is 1.25 bits per heavy atom. The maximum Gasteiger partial charge on any atom is 0.229 e. The zero-order valence-electron chi connectivity index (χ0n) is 11.4. The normalized spacial score (nSPS) is 11.1. The quantitative estimate of drug-likeness (QED) is 0.887.